The molecule has 0 aliphatic carbocycles. The number of allylic oxidation sites excluding steroid dienone is 1. The van der Waals surface area contributed by atoms with Crippen molar-refractivity contribution >= 4 is 23.1 Å². The van der Waals surface area contributed by atoms with Gasteiger partial charge >= 0.3 is 0 Å². The van der Waals surface area contributed by atoms with Gasteiger partial charge < -0.3 is 14.4 Å². The van der Waals surface area contributed by atoms with E-state index in [9.17, 15) is 0 Å². The van der Waals surface area contributed by atoms with Crippen LogP contribution in [0.2, 0.25) is 0 Å². The second-order valence-electron chi connectivity index (χ2n) is 8.62. The SMILES string of the molecule is N#COc1ccc(CN(Cc2ccc(OC#N)cc2)c2ccc(N=Nc3ccc(C=C(C#N)C#N)cc3)cc2)cc1. The number of anilines is 1. The Morgan fingerprint density at radius 2 is 1.05 bits per heavy atom. The molecule has 0 unspecified atom stereocenters. The van der Waals surface area contributed by atoms with Crippen LogP contribution >= 0.6 is 0 Å². The van der Waals surface area contributed by atoms with Gasteiger partial charge in [0, 0.05) is 18.8 Å². The van der Waals surface area contributed by atoms with Gasteiger partial charge in [0.25, 0.3) is 12.5 Å². The Hall–Kier alpha value is -6.42. The van der Waals surface area contributed by atoms with E-state index in [1.54, 1.807) is 61.0 Å². The topological polar surface area (TPSA) is 142 Å². The first-order valence-electron chi connectivity index (χ1n) is 12.3. The van der Waals surface area contributed by atoms with E-state index < -0.39 is 0 Å². The predicted octanol–water partition coefficient (Wildman–Crippen LogP) is 7.46. The van der Waals surface area contributed by atoms with Gasteiger partial charge in [0.1, 0.15) is 29.2 Å². The van der Waals surface area contributed by atoms with Crippen molar-refractivity contribution in [1.29, 1.82) is 21.0 Å². The molecule has 196 valence electrons. The Kier molecular flexibility index (Phi) is 9.38. The summed E-state index contributed by atoms with van der Waals surface area (Å²) in [6, 6.07) is 33.1. The smallest absolute Gasteiger partial charge is 0.292 e. The summed E-state index contributed by atoms with van der Waals surface area (Å²) in [7, 11) is 0. The van der Waals surface area contributed by atoms with E-state index in [0.717, 1.165) is 22.4 Å². The van der Waals surface area contributed by atoms with Gasteiger partial charge in [-0.15, -0.1) is 10.5 Å². The van der Waals surface area contributed by atoms with Crippen LogP contribution in [0.15, 0.2) is 113 Å². The number of hydrogen-bond acceptors (Lipinski definition) is 9. The second kappa shape index (κ2) is 13.9. The molecule has 9 heteroatoms. The Labute approximate surface area is 237 Å². The molecule has 0 atom stereocenters. The lowest BCUT2D eigenvalue weighted by molar-refractivity contribution is 0.507. The first kappa shape index (κ1) is 27.6. The molecule has 0 spiro atoms. The molecule has 0 aromatic heterocycles. The number of rotatable bonds is 10. The maximum Gasteiger partial charge on any atom is 0.292 e. The van der Waals surface area contributed by atoms with Crippen molar-refractivity contribution in [2.45, 2.75) is 13.1 Å². The standard InChI is InChI=1S/C32H21N7O2/c33-18-27(19-34)17-24-1-7-28(8-2-24)37-38-29-9-11-30(12-10-29)39(20-25-3-13-31(14-4-25)40-22-35)21-26-5-15-32(16-6-26)41-23-36/h1-17H,20-21H2. The average molecular weight is 536 g/mol. The molecule has 9 nitrogen and oxygen atoms in total. The fourth-order valence-corrected chi connectivity index (χ4v) is 3.85. The van der Waals surface area contributed by atoms with Crippen LogP contribution in [0.1, 0.15) is 16.7 Å². The van der Waals surface area contributed by atoms with Gasteiger partial charge in [-0.2, -0.15) is 20.8 Å². The number of benzene rings is 4. The summed E-state index contributed by atoms with van der Waals surface area (Å²) in [5, 5.41) is 43.9. The molecule has 4 aromatic carbocycles. The van der Waals surface area contributed by atoms with Crippen molar-refractivity contribution < 1.29 is 9.47 Å². The number of ether oxygens (including phenoxy) is 2. The number of azo groups is 1. The minimum atomic E-state index is 0.0311. The summed E-state index contributed by atoms with van der Waals surface area (Å²) < 4.78 is 9.78. The van der Waals surface area contributed by atoms with Crippen LogP contribution in [-0.2, 0) is 13.1 Å². The summed E-state index contributed by atoms with van der Waals surface area (Å²) in [5.41, 5.74) is 5.08. The molecular weight excluding hydrogens is 514 g/mol. The van der Waals surface area contributed by atoms with Crippen LogP contribution in [0, 0.1) is 45.7 Å². The van der Waals surface area contributed by atoms with Crippen LogP contribution in [-0.4, -0.2) is 0 Å². The highest BCUT2D eigenvalue weighted by molar-refractivity contribution is 5.63. The highest BCUT2D eigenvalue weighted by Crippen LogP contribution is 2.26. The van der Waals surface area contributed by atoms with Crippen molar-refractivity contribution in [3.8, 4) is 36.1 Å². The summed E-state index contributed by atoms with van der Waals surface area (Å²) in [6.45, 7) is 1.18. The summed E-state index contributed by atoms with van der Waals surface area (Å²) >= 11 is 0. The Morgan fingerprint density at radius 3 is 1.46 bits per heavy atom. The van der Waals surface area contributed by atoms with Crippen LogP contribution in [0.4, 0.5) is 17.1 Å². The highest BCUT2D eigenvalue weighted by atomic mass is 16.5. The van der Waals surface area contributed by atoms with Gasteiger partial charge in [0.2, 0.25) is 0 Å². The van der Waals surface area contributed by atoms with E-state index in [-0.39, 0.29) is 5.57 Å². The van der Waals surface area contributed by atoms with Gasteiger partial charge in [-0.05, 0) is 83.4 Å². The first-order valence-corrected chi connectivity index (χ1v) is 12.3. The molecule has 41 heavy (non-hydrogen) atoms. The normalized spacial score (nSPS) is 9.95. The summed E-state index contributed by atoms with van der Waals surface area (Å²) in [6.07, 6.45) is 4.86. The lowest BCUT2D eigenvalue weighted by Crippen LogP contribution is -2.22. The number of hydrogen-bond donors (Lipinski definition) is 0. The lowest BCUT2D eigenvalue weighted by atomic mass is 10.1. The van der Waals surface area contributed by atoms with Crippen molar-refractivity contribution in [2.75, 3.05) is 4.90 Å². The van der Waals surface area contributed by atoms with Gasteiger partial charge in [0.05, 0.1) is 11.4 Å². The van der Waals surface area contributed by atoms with Gasteiger partial charge in [-0.3, -0.25) is 0 Å². The molecule has 0 bridgehead atoms. The minimum Gasteiger partial charge on any atom is -0.388 e. The zero-order valence-electron chi connectivity index (χ0n) is 21.7. The van der Waals surface area contributed by atoms with Crippen molar-refractivity contribution in [3.63, 3.8) is 0 Å². The van der Waals surface area contributed by atoms with Gasteiger partial charge in [0.15, 0.2) is 0 Å². The molecule has 0 heterocycles. The predicted molar refractivity (Wildman–Crippen MR) is 152 cm³/mol. The highest BCUT2D eigenvalue weighted by Gasteiger charge is 2.10. The van der Waals surface area contributed by atoms with E-state index in [1.807, 2.05) is 60.7 Å². The zero-order valence-corrected chi connectivity index (χ0v) is 21.7. The quantitative estimate of drug-likeness (QED) is 0.116. The Bertz CT molecular complexity index is 1620. The molecule has 0 fully saturated rings. The second-order valence-corrected chi connectivity index (χ2v) is 8.62. The van der Waals surface area contributed by atoms with Gasteiger partial charge in [-0.1, -0.05) is 36.4 Å². The third kappa shape index (κ3) is 8.03. The molecular formula is C32H21N7O2. The Morgan fingerprint density at radius 1 is 0.610 bits per heavy atom. The third-order valence-electron chi connectivity index (χ3n) is 5.86. The van der Waals surface area contributed by atoms with E-state index in [0.29, 0.717) is 36.0 Å². The molecule has 0 saturated heterocycles. The first-order chi connectivity index (χ1) is 20.1. The van der Waals surface area contributed by atoms with Crippen molar-refractivity contribution in [1.82, 2.24) is 0 Å². The zero-order chi connectivity index (χ0) is 28.9. The largest absolute Gasteiger partial charge is 0.388 e. The third-order valence-corrected chi connectivity index (χ3v) is 5.86. The summed E-state index contributed by atoms with van der Waals surface area (Å²) in [4.78, 5) is 2.18. The number of nitrogens with zero attached hydrogens (tertiary/aromatic N) is 7. The molecule has 0 aliphatic rings. The summed E-state index contributed by atoms with van der Waals surface area (Å²) in [5.74, 6) is 0.955. The fourth-order valence-electron chi connectivity index (χ4n) is 3.85. The van der Waals surface area contributed by atoms with E-state index in [4.69, 9.17) is 30.5 Å². The number of nitriles is 4. The van der Waals surface area contributed by atoms with E-state index in [1.165, 1.54) is 6.08 Å². The van der Waals surface area contributed by atoms with E-state index in [2.05, 4.69) is 15.1 Å². The molecule has 4 aromatic rings. The van der Waals surface area contributed by atoms with Crippen LogP contribution < -0.4 is 14.4 Å². The molecule has 4 rings (SSSR count). The molecule has 0 aliphatic heterocycles. The molecule has 0 saturated carbocycles. The fraction of sp³-hybridized carbons (Fsp3) is 0.0625. The monoisotopic (exact) mass is 535 g/mol. The molecule has 0 radical (unpaired) electrons. The molecule has 0 N–H and O–H groups in total. The maximum absolute atomic E-state index is 8.90. The van der Waals surface area contributed by atoms with Crippen molar-refractivity contribution in [2.24, 2.45) is 10.2 Å². The van der Waals surface area contributed by atoms with Crippen LogP contribution in [0.5, 0.6) is 11.5 Å². The van der Waals surface area contributed by atoms with Crippen LogP contribution in [0.3, 0.4) is 0 Å². The average Bonchev–Trinajstić information content (AvgIpc) is 3.01. The van der Waals surface area contributed by atoms with Crippen LogP contribution in [0.25, 0.3) is 6.08 Å². The van der Waals surface area contributed by atoms with Crippen molar-refractivity contribution in [3.05, 3.63) is 119 Å². The molecule has 0 amide bonds. The maximum atomic E-state index is 8.90. The van der Waals surface area contributed by atoms with E-state index >= 15 is 0 Å². The minimum absolute atomic E-state index is 0.0311. The lowest BCUT2D eigenvalue weighted by Gasteiger charge is -2.25. The Balaban J connectivity index is 1.51. The van der Waals surface area contributed by atoms with Gasteiger partial charge in [-0.25, -0.2) is 0 Å².